The number of aromatic nitrogens is 6. The molecule has 2 saturated heterocycles. The first-order valence-corrected chi connectivity index (χ1v) is 21.1. The second-order valence-electron chi connectivity index (χ2n) is 15.2. The highest BCUT2D eigenvalue weighted by atomic mass is 32.2. The lowest BCUT2D eigenvalue weighted by molar-refractivity contribution is -0.753. The van der Waals surface area contributed by atoms with Crippen LogP contribution in [-0.4, -0.2) is 97.5 Å². The maximum Gasteiger partial charge on any atom is 0.370 e. The maximum atomic E-state index is 15.4. The quantitative estimate of drug-likeness (QED) is 0.103. The van der Waals surface area contributed by atoms with Gasteiger partial charge in [-0.3, -0.25) is 0 Å². The van der Waals surface area contributed by atoms with Crippen molar-refractivity contribution in [3.8, 4) is 11.4 Å². The molecule has 2 aromatic heterocycles. The Balaban J connectivity index is 0.929. The van der Waals surface area contributed by atoms with Gasteiger partial charge in [0, 0.05) is 72.9 Å². The van der Waals surface area contributed by atoms with Crippen LogP contribution >= 0.6 is 11.8 Å². The zero-order valence-corrected chi connectivity index (χ0v) is 34.7. The van der Waals surface area contributed by atoms with Crippen molar-refractivity contribution in [3.63, 3.8) is 0 Å². The van der Waals surface area contributed by atoms with Crippen molar-refractivity contribution in [2.45, 2.75) is 64.1 Å². The Labute approximate surface area is 350 Å². The van der Waals surface area contributed by atoms with Gasteiger partial charge in [0.25, 0.3) is 6.33 Å². The molecule has 4 heterocycles. The number of benzene rings is 3. The zero-order valence-electron chi connectivity index (χ0n) is 33.8. The number of carbonyl (C=O) groups excluding carboxylic acids is 1. The Bertz CT molecular complexity index is 2260. The number of hydrogen-bond donors (Lipinski definition) is 2. The minimum absolute atomic E-state index is 0.107. The average Bonchev–Trinajstić information content (AvgIpc) is 3.99. The second kappa shape index (κ2) is 19.0. The fraction of sp³-hybridized carbons (Fsp3) is 0.452. The van der Waals surface area contributed by atoms with E-state index in [4.69, 9.17) is 19.3 Å². The van der Waals surface area contributed by atoms with E-state index in [1.165, 1.54) is 34.0 Å². The van der Waals surface area contributed by atoms with Gasteiger partial charge in [0.2, 0.25) is 12.6 Å². The van der Waals surface area contributed by atoms with Crippen LogP contribution in [0.5, 0.6) is 5.75 Å². The summed E-state index contributed by atoms with van der Waals surface area (Å²) in [6.07, 6.45) is 4.23. The van der Waals surface area contributed by atoms with Crippen molar-refractivity contribution in [1.29, 1.82) is 0 Å². The summed E-state index contributed by atoms with van der Waals surface area (Å²) in [5, 5.41) is 27.2. The highest BCUT2D eigenvalue weighted by molar-refractivity contribution is 8.13. The summed E-state index contributed by atoms with van der Waals surface area (Å²) in [6.45, 7) is 9.10. The lowest BCUT2D eigenvalue weighted by atomic mass is 9.87. The molecule has 2 aliphatic heterocycles. The van der Waals surface area contributed by atoms with Crippen LogP contribution in [0.25, 0.3) is 5.69 Å². The predicted molar refractivity (Wildman–Crippen MR) is 220 cm³/mol. The molecule has 2 aliphatic rings. The molecule has 2 N–H and O–H groups in total. The summed E-state index contributed by atoms with van der Waals surface area (Å²) < 4.78 is 53.3. The molecular weight excluding hydrogens is 799 g/mol. The van der Waals surface area contributed by atoms with Crippen molar-refractivity contribution in [3.05, 3.63) is 113 Å². The third kappa shape index (κ3) is 9.67. The number of rotatable bonds is 16. The van der Waals surface area contributed by atoms with E-state index in [1.54, 1.807) is 29.4 Å². The molecule has 5 aromatic rings. The molecule has 0 amide bonds. The van der Waals surface area contributed by atoms with Gasteiger partial charge in [0.05, 0.1) is 37.7 Å². The monoisotopic (exact) mass is 849 g/mol. The van der Waals surface area contributed by atoms with Crippen molar-refractivity contribution in [2.75, 3.05) is 61.6 Å². The number of hydrogen-bond acceptors (Lipinski definition) is 12. The maximum absolute atomic E-state index is 15.4. The van der Waals surface area contributed by atoms with E-state index in [0.717, 1.165) is 55.4 Å². The molecule has 15 nitrogen and oxygen atoms in total. The molecule has 0 spiro atoms. The van der Waals surface area contributed by atoms with Gasteiger partial charge in [-0.05, 0) is 86.1 Å². The fourth-order valence-electron chi connectivity index (χ4n) is 7.90. The fourth-order valence-corrected chi connectivity index (χ4v) is 8.36. The molecule has 2 fully saturated rings. The summed E-state index contributed by atoms with van der Waals surface area (Å²) in [7, 11) is 0. The van der Waals surface area contributed by atoms with Gasteiger partial charge in [-0.1, -0.05) is 13.0 Å². The number of anilines is 2. The molecule has 7 rings (SSSR count). The molecule has 18 heteroatoms. The number of piperazine rings is 1. The largest absolute Gasteiger partial charge is 0.493 e. The Hall–Kier alpha value is -5.30. The number of aliphatic hydroxyl groups excluding tert-OH is 2. The molecule has 0 aliphatic carbocycles. The Kier molecular flexibility index (Phi) is 13.5. The van der Waals surface area contributed by atoms with Gasteiger partial charge < -0.3 is 34.2 Å². The van der Waals surface area contributed by atoms with Crippen LogP contribution in [0.1, 0.15) is 51.4 Å². The number of thioether (sulfide) groups is 1. The van der Waals surface area contributed by atoms with Crippen molar-refractivity contribution in [1.82, 2.24) is 24.1 Å². The first kappa shape index (κ1) is 42.8. The lowest BCUT2D eigenvalue weighted by Crippen LogP contribution is -2.46. The molecule has 0 bridgehead atoms. The number of nitrogens with zero attached hydrogens (tertiary/aromatic N) is 8. The number of halogens is 2. The molecule has 0 radical (unpaired) electrons. The van der Waals surface area contributed by atoms with E-state index in [2.05, 4.69) is 20.0 Å². The minimum Gasteiger partial charge on any atom is -0.493 e. The summed E-state index contributed by atoms with van der Waals surface area (Å²) in [6, 6.07) is 18.9. The SMILES string of the molecule is CC[C@@H]([C@H](C)O)n1ncn(-c2ccc(N3CCN(c4ccc(OC[C@@H]5CO[C@@](Cn6c[n+](C(C)OC(=O)SCCO)cn6)(c6ccc(F)cc6F)C5)cc4)CC3)cc2)c1=O. The van der Waals surface area contributed by atoms with Gasteiger partial charge in [-0.2, -0.15) is 9.67 Å². The van der Waals surface area contributed by atoms with Crippen LogP contribution in [0.2, 0.25) is 0 Å². The molecular formula is C42H51F2N8O7S+. The van der Waals surface area contributed by atoms with Gasteiger partial charge in [-0.15, -0.1) is 4.68 Å². The molecule has 320 valence electrons. The summed E-state index contributed by atoms with van der Waals surface area (Å²) in [4.78, 5) is 29.7. The standard InChI is InChI=1S/C42H51F2N8O7S/c1-4-39(29(2)54)52-40(55)51(27-46-52)35-8-6-33(7-9-35)47-15-17-48(18-16-47)34-10-12-36(13-11-34)57-23-31-22-42(58-24-31,37-14-5-32(43)21-38(37)44)25-50-28-49(26-45-50)30(3)59-41(56)60-20-19-53/h5-14,21,26-31,39,53-54H,4,15-20,22-25H2,1-3H3/q+1/t29-,30?,31+,39-,42-/m0/s1. The third-order valence-corrected chi connectivity index (χ3v) is 11.8. The number of aliphatic hydroxyl groups is 2. The Morgan fingerprint density at radius 2 is 1.67 bits per heavy atom. The van der Waals surface area contributed by atoms with E-state index in [0.29, 0.717) is 30.9 Å². The summed E-state index contributed by atoms with van der Waals surface area (Å²) in [5.41, 5.74) is 1.63. The Morgan fingerprint density at radius 3 is 2.30 bits per heavy atom. The normalized spacial score (nSPS) is 19.6. The zero-order chi connectivity index (χ0) is 42.4. The third-order valence-electron chi connectivity index (χ3n) is 11.1. The van der Waals surface area contributed by atoms with Gasteiger partial charge >= 0.3 is 11.0 Å². The smallest absolute Gasteiger partial charge is 0.370 e. The highest BCUT2D eigenvalue weighted by Crippen LogP contribution is 2.42. The summed E-state index contributed by atoms with van der Waals surface area (Å²) in [5.74, 6) is -0.595. The van der Waals surface area contributed by atoms with Crippen LogP contribution in [0.15, 0.2) is 90.5 Å². The van der Waals surface area contributed by atoms with E-state index in [-0.39, 0.29) is 48.7 Å². The highest BCUT2D eigenvalue weighted by Gasteiger charge is 2.46. The van der Waals surface area contributed by atoms with Crippen LogP contribution in [0.3, 0.4) is 0 Å². The van der Waals surface area contributed by atoms with E-state index < -0.39 is 34.9 Å². The first-order valence-electron chi connectivity index (χ1n) is 20.1. The van der Waals surface area contributed by atoms with Gasteiger partial charge in [0.1, 0.15) is 35.9 Å². The van der Waals surface area contributed by atoms with E-state index in [1.807, 2.05) is 55.5 Å². The van der Waals surface area contributed by atoms with Crippen molar-refractivity contribution < 1.29 is 42.6 Å². The van der Waals surface area contributed by atoms with E-state index >= 15 is 4.39 Å². The summed E-state index contributed by atoms with van der Waals surface area (Å²) >= 11 is 0.871. The van der Waals surface area contributed by atoms with Gasteiger partial charge in [0.15, 0.2) is 0 Å². The van der Waals surface area contributed by atoms with Crippen LogP contribution in [0.4, 0.5) is 25.0 Å². The van der Waals surface area contributed by atoms with Gasteiger partial charge in [-0.25, -0.2) is 27.6 Å². The van der Waals surface area contributed by atoms with Crippen LogP contribution in [0, 0.1) is 17.6 Å². The second-order valence-corrected chi connectivity index (χ2v) is 16.2. The Morgan fingerprint density at radius 1 is 1.00 bits per heavy atom. The first-order chi connectivity index (χ1) is 29.0. The van der Waals surface area contributed by atoms with Crippen LogP contribution < -0.4 is 24.8 Å². The van der Waals surface area contributed by atoms with Crippen molar-refractivity contribution >= 4 is 28.4 Å². The predicted octanol–water partition coefficient (Wildman–Crippen LogP) is 4.85. The number of carbonyl (C=O) groups is 1. The van der Waals surface area contributed by atoms with Crippen molar-refractivity contribution in [2.24, 2.45) is 5.92 Å². The topological polar surface area (TPSA) is 153 Å². The van der Waals surface area contributed by atoms with Crippen LogP contribution in [-0.2, 0) is 21.6 Å². The minimum atomic E-state index is -1.16. The molecule has 3 aromatic carbocycles. The molecule has 1 unspecified atom stereocenters. The molecule has 5 atom stereocenters. The molecule has 60 heavy (non-hydrogen) atoms. The lowest BCUT2D eigenvalue weighted by Gasteiger charge is -2.37. The number of ether oxygens (including phenoxy) is 3. The van der Waals surface area contributed by atoms with E-state index in [9.17, 15) is 19.1 Å². The molecule has 0 saturated carbocycles. The average molecular weight is 850 g/mol.